The third kappa shape index (κ3) is 2.03. The average Bonchev–Trinajstić information content (AvgIpc) is 2.96. The molecule has 2 aromatic rings. The molecule has 1 saturated heterocycles. The Bertz CT molecular complexity index is 508. The molecule has 0 amide bonds. The van der Waals surface area contributed by atoms with E-state index in [0.717, 1.165) is 25.6 Å². The molecule has 1 fully saturated rings. The molecule has 0 radical (unpaired) electrons. The highest BCUT2D eigenvalue weighted by Gasteiger charge is 2.24. The highest BCUT2D eigenvalue weighted by molar-refractivity contribution is 7.17. The number of pyridine rings is 1. The number of rotatable bonds is 3. The Hall–Kier alpha value is -1.13. The molecule has 1 N–H and O–H groups in total. The highest BCUT2D eigenvalue weighted by atomic mass is 32.1. The first-order chi connectivity index (χ1) is 8.38. The number of aromatic nitrogens is 1. The topological polar surface area (TPSA) is 28.2 Å². The number of fused-ring (bicyclic) bond motifs is 1. The highest BCUT2D eigenvalue weighted by Crippen LogP contribution is 2.31. The Morgan fingerprint density at radius 2 is 2.47 bits per heavy atom. The van der Waals surface area contributed by atoms with Crippen molar-refractivity contribution >= 4 is 27.2 Å². The van der Waals surface area contributed by atoms with Gasteiger partial charge in [-0.3, -0.25) is 0 Å². The zero-order valence-corrected chi connectivity index (χ0v) is 10.8. The molecule has 90 valence electrons. The lowest BCUT2D eigenvalue weighted by Gasteiger charge is -2.18. The van der Waals surface area contributed by atoms with Gasteiger partial charge in [-0.25, -0.2) is 4.98 Å². The largest absolute Gasteiger partial charge is 0.356 e. The summed E-state index contributed by atoms with van der Waals surface area (Å²) >= 11 is 1.79. The van der Waals surface area contributed by atoms with Crippen molar-refractivity contribution in [3.05, 3.63) is 23.7 Å². The van der Waals surface area contributed by atoms with Crippen molar-refractivity contribution in [3.63, 3.8) is 0 Å². The average molecular weight is 247 g/mol. The normalized spacial score (nSPS) is 20.3. The molecule has 3 nitrogen and oxygen atoms in total. The zero-order valence-electron chi connectivity index (χ0n) is 10.0. The van der Waals surface area contributed by atoms with E-state index in [2.05, 4.69) is 32.7 Å². The summed E-state index contributed by atoms with van der Waals surface area (Å²) < 4.78 is 1.34. The van der Waals surface area contributed by atoms with Crippen molar-refractivity contribution < 1.29 is 0 Å². The minimum atomic E-state index is 0.760. The molecule has 1 atom stereocenters. The summed E-state index contributed by atoms with van der Waals surface area (Å²) in [4.78, 5) is 7.00. The lowest BCUT2D eigenvalue weighted by Crippen LogP contribution is -2.24. The predicted molar refractivity (Wildman–Crippen MR) is 73.9 cm³/mol. The van der Waals surface area contributed by atoms with E-state index >= 15 is 0 Å². The van der Waals surface area contributed by atoms with E-state index < -0.39 is 0 Å². The lowest BCUT2D eigenvalue weighted by atomic mass is 10.1. The van der Waals surface area contributed by atoms with Gasteiger partial charge in [0.25, 0.3) is 0 Å². The molecule has 0 aliphatic carbocycles. The molecular weight excluding hydrogens is 230 g/mol. The van der Waals surface area contributed by atoms with Crippen LogP contribution < -0.4 is 10.2 Å². The van der Waals surface area contributed by atoms with Crippen LogP contribution in [0.15, 0.2) is 23.7 Å². The van der Waals surface area contributed by atoms with Crippen molar-refractivity contribution in [1.29, 1.82) is 0 Å². The van der Waals surface area contributed by atoms with E-state index in [-0.39, 0.29) is 0 Å². The Labute approximate surface area is 105 Å². The van der Waals surface area contributed by atoms with Gasteiger partial charge in [-0.05, 0) is 43.4 Å². The molecule has 0 aromatic carbocycles. The van der Waals surface area contributed by atoms with Gasteiger partial charge in [0, 0.05) is 29.4 Å². The quantitative estimate of drug-likeness (QED) is 0.902. The number of thiophene rings is 1. The smallest absolute Gasteiger partial charge is 0.137 e. The van der Waals surface area contributed by atoms with Crippen molar-refractivity contribution in [3.8, 4) is 0 Å². The summed E-state index contributed by atoms with van der Waals surface area (Å²) in [5.74, 6) is 1.93. The van der Waals surface area contributed by atoms with Crippen LogP contribution in [-0.4, -0.2) is 31.7 Å². The van der Waals surface area contributed by atoms with Crippen LogP contribution in [0.1, 0.15) is 6.42 Å². The first kappa shape index (κ1) is 11.0. The van der Waals surface area contributed by atoms with E-state index in [0.29, 0.717) is 0 Å². The van der Waals surface area contributed by atoms with Crippen molar-refractivity contribution in [1.82, 2.24) is 10.3 Å². The second-order valence-electron chi connectivity index (χ2n) is 4.63. The molecule has 0 saturated carbocycles. The van der Waals surface area contributed by atoms with Crippen LogP contribution in [0, 0.1) is 5.92 Å². The molecule has 0 spiro atoms. The van der Waals surface area contributed by atoms with E-state index in [1.165, 1.54) is 22.3 Å². The third-order valence-corrected chi connectivity index (χ3v) is 4.32. The molecule has 2 aromatic heterocycles. The second-order valence-corrected chi connectivity index (χ2v) is 5.57. The summed E-state index contributed by atoms with van der Waals surface area (Å²) in [7, 11) is 2.03. The maximum absolute atomic E-state index is 4.57. The Kier molecular flexibility index (Phi) is 2.99. The lowest BCUT2D eigenvalue weighted by molar-refractivity contribution is 0.549. The van der Waals surface area contributed by atoms with Crippen LogP contribution in [0.5, 0.6) is 0 Å². The van der Waals surface area contributed by atoms with Crippen molar-refractivity contribution in [2.45, 2.75) is 6.42 Å². The second kappa shape index (κ2) is 4.63. The van der Waals surface area contributed by atoms with E-state index in [4.69, 9.17) is 0 Å². The fourth-order valence-electron chi connectivity index (χ4n) is 2.61. The van der Waals surface area contributed by atoms with Gasteiger partial charge in [-0.2, -0.15) is 0 Å². The first-order valence-corrected chi connectivity index (χ1v) is 6.98. The van der Waals surface area contributed by atoms with Crippen molar-refractivity contribution in [2.75, 3.05) is 31.6 Å². The van der Waals surface area contributed by atoms with E-state index in [1.807, 2.05) is 13.2 Å². The fraction of sp³-hybridized carbons (Fsp3) is 0.462. The Balaban J connectivity index is 1.87. The molecule has 17 heavy (non-hydrogen) atoms. The summed E-state index contributed by atoms with van der Waals surface area (Å²) in [5.41, 5.74) is 0. The van der Waals surface area contributed by atoms with Crippen LogP contribution >= 0.6 is 11.3 Å². The molecular formula is C13H17N3S. The van der Waals surface area contributed by atoms with Gasteiger partial charge in [0.15, 0.2) is 0 Å². The van der Waals surface area contributed by atoms with Gasteiger partial charge in [-0.15, -0.1) is 11.3 Å². The van der Waals surface area contributed by atoms with Gasteiger partial charge in [0.1, 0.15) is 5.82 Å². The van der Waals surface area contributed by atoms with Gasteiger partial charge >= 0.3 is 0 Å². The molecule has 1 unspecified atom stereocenters. The predicted octanol–water partition coefficient (Wildman–Crippen LogP) is 2.34. The first-order valence-electron chi connectivity index (χ1n) is 6.10. The van der Waals surface area contributed by atoms with Gasteiger partial charge < -0.3 is 10.2 Å². The number of nitrogens with zero attached hydrogens (tertiary/aromatic N) is 2. The summed E-state index contributed by atoms with van der Waals surface area (Å²) in [6.45, 7) is 3.37. The molecule has 3 heterocycles. The maximum atomic E-state index is 4.57. The van der Waals surface area contributed by atoms with Crippen LogP contribution in [0.4, 0.5) is 5.82 Å². The molecule has 0 bridgehead atoms. The maximum Gasteiger partial charge on any atom is 0.137 e. The van der Waals surface area contributed by atoms with Crippen LogP contribution in [0.25, 0.3) is 10.1 Å². The van der Waals surface area contributed by atoms with Gasteiger partial charge in [-0.1, -0.05) is 0 Å². The SMILES string of the molecule is CNCC1CCN(c2nccc3sccc23)C1. The number of hydrogen-bond donors (Lipinski definition) is 1. The van der Waals surface area contributed by atoms with Crippen molar-refractivity contribution in [2.24, 2.45) is 5.92 Å². The van der Waals surface area contributed by atoms with Gasteiger partial charge in [0.2, 0.25) is 0 Å². The minimum Gasteiger partial charge on any atom is -0.356 e. The standard InChI is InChI=1S/C13H17N3S/c1-14-8-10-3-6-16(9-10)13-11-4-7-17-12(11)2-5-15-13/h2,4-5,7,10,14H,3,6,8-9H2,1H3. The number of nitrogens with one attached hydrogen (secondary N) is 1. The van der Waals surface area contributed by atoms with Crippen LogP contribution in [0.3, 0.4) is 0 Å². The molecule has 1 aliphatic heterocycles. The van der Waals surface area contributed by atoms with Crippen LogP contribution in [-0.2, 0) is 0 Å². The zero-order chi connectivity index (χ0) is 11.7. The molecule has 4 heteroatoms. The van der Waals surface area contributed by atoms with E-state index in [9.17, 15) is 0 Å². The third-order valence-electron chi connectivity index (χ3n) is 3.44. The Morgan fingerprint density at radius 1 is 1.53 bits per heavy atom. The summed E-state index contributed by atoms with van der Waals surface area (Å²) in [6.07, 6.45) is 3.20. The Morgan fingerprint density at radius 3 is 3.35 bits per heavy atom. The molecule has 1 aliphatic rings. The fourth-order valence-corrected chi connectivity index (χ4v) is 3.39. The number of anilines is 1. The van der Waals surface area contributed by atoms with Crippen LogP contribution in [0.2, 0.25) is 0 Å². The number of hydrogen-bond acceptors (Lipinski definition) is 4. The summed E-state index contributed by atoms with van der Waals surface area (Å²) in [5, 5.41) is 6.73. The molecule has 3 rings (SSSR count). The summed E-state index contributed by atoms with van der Waals surface area (Å²) in [6, 6.07) is 4.29. The van der Waals surface area contributed by atoms with E-state index in [1.54, 1.807) is 11.3 Å². The minimum absolute atomic E-state index is 0.760. The monoisotopic (exact) mass is 247 g/mol. The van der Waals surface area contributed by atoms with Gasteiger partial charge in [0.05, 0.1) is 0 Å².